The van der Waals surface area contributed by atoms with Crippen molar-refractivity contribution in [2.24, 2.45) is 10.7 Å². The molecule has 2 heterocycles. The number of hydrogen-bond donors (Lipinski definition) is 2. The third kappa shape index (κ3) is 6.19. The van der Waals surface area contributed by atoms with Gasteiger partial charge >= 0.3 is 0 Å². The van der Waals surface area contributed by atoms with Gasteiger partial charge < -0.3 is 11.1 Å². The van der Waals surface area contributed by atoms with Crippen LogP contribution in [0, 0.1) is 0 Å². The van der Waals surface area contributed by atoms with Crippen LogP contribution in [0.3, 0.4) is 0 Å². The van der Waals surface area contributed by atoms with Crippen LogP contribution in [0.15, 0.2) is 33.9 Å². The number of alkyl halides is 2. The molecule has 34 heavy (non-hydrogen) atoms. The van der Waals surface area contributed by atoms with Gasteiger partial charge in [-0.2, -0.15) is 0 Å². The molecule has 0 radical (unpaired) electrons. The molecule has 1 aromatic heterocycles. The topological polar surface area (TPSA) is 144 Å². The Kier molecular flexibility index (Phi) is 7.63. The number of halogens is 2. The van der Waals surface area contributed by atoms with Crippen molar-refractivity contribution in [1.82, 2.24) is 15.2 Å². The summed E-state index contributed by atoms with van der Waals surface area (Å²) in [4.78, 5) is 18.9. The Bertz CT molecular complexity index is 1140. The molecular formula is C21H26BrFN6O4S. The summed E-state index contributed by atoms with van der Waals surface area (Å²) in [6.45, 7) is 1.61. The number of sulfone groups is 1. The molecule has 184 valence electrons. The maximum absolute atomic E-state index is 13.7. The number of rotatable bonds is 6. The maximum atomic E-state index is 13.7. The van der Waals surface area contributed by atoms with Crippen LogP contribution >= 0.6 is 15.9 Å². The van der Waals surface area contributed by atoms with E-state index >= 15 is 0 Å². The average Bonchev–Trinajstić information content (AvgIpc) is 3.26. The number of anilines is 1. The number of nitrogens with two attached hydrogens (primary N) is 1. The lowest BCUT2D eigenvalue weighted by Crippen LogP contribution is -2.39. The molecule has 3 N–H and O–H groups in total. The number of hydrogen-bond acceptors (Lipinski definition) is 8. The number of amides is 1. The zero-order valence-corrected chi connectivity index (χ0v) is 20.8. The van der Waals surface area contributed by atoms with Crippen molar-refractivity contribution in [2.45, 2.75) is 42.8 Å². The van der Waals surface area contributed by atoms with Crippen LogP contribution in [-0.2, 0) is 16.4 Å². The number of aliphatic imine (C=N–C) groups is 1. The molecule has 4 rings (SSSR count). The Labute approximate surface area is 205 Å². The van der Waals surface area contributed by atoms with E-state index in [0.29, 0.717) is 44.5 Å². The minimum Gasteiger partial charge on any atom is -0.382 e. The van der Waals surface area contributed by atoms with E-state index < -0.39 is 21.9 Å². The second-order valence-electron chi connectivity index (χ2n) is 8.55. The Morgan fingerprint density at radius 3 is 2.62 bits per heavy atom. The van der Waals surface area contributed by atoms with Gasteiger partial charge in [-0.15, -0.1) is 0 Å². The van der Waals surface area contributed by atoms with Crippen LogP contribution in [0.2, 0.25) is 0 Å². The van der Waals surface area contributed by atoms with Crippen molar-refractivity contribution in [3.63, 3.8) is 0 Å². The van der Waals surface area contributed by atoms with Crippen LogP contribution in [-0.4, -0.2) is 77.0 Å². The lowest BCUT2D eigenvalue weighted by Gasteiger charge is -2.26. The maximum Gasteiger partial charge on any atom is 0.256 e. The van der Waals surface area contributed by atoms with Crippen LogP contribution < -0.4 is 11.1 Å². The van der Waals surface area contributed by atoms with E-state index in [-0.39, 0.29) is 39.7 Å². The molecule has 2 unspecified atom stereocenters. The number of nitrogens with one attached hydrogen (secondary N) is 1. The molecule has 0 bridgehead atoms. The molecule has 2 aliphatic rings. The summed E-state index contributed by atoms with van der Waals surface area (Å²) in [6.07, 6.45) is 0.564. The van der Waals surface area contributed by atoms with Crippen molar-refractivity contribution in [3.8, 4) is 0 Å². The Hall–Kier alpha value is -2.38. The zero-order valence-electron chi connectivity index (χ0n) is 18.4. The summed E-state index contributed by atoms with van der Waals surface area (Å²) in [5.41, 5.74) is 7.58. The van der Waals surface area contributed by atoms with E-state index in [0.717, 1.165) is 5.56 Å². The second kappa shape index (κ2) is 10.5. The van der Waals surface area contributed by atoms with Crippen molar-refractivity contribution >= 4 is 43.3 Å². The molecule has 0 spiro atoms. The Balaban J connectivity index is 1.36. The quantitative estimate of drug-likeness (QED) is 0.312. The number of benzene rings is 1. The van der Waals surface area contributed by atoms with E-state index in [2.05, 4.69) is 41.5 Å². The van der Waals surface area contributed by atoms with E-state index in [4.69, 9.17) is 10.4 Å². The Morgan fingerprint density at radius 2 is 1.94 bits per heavy atom. The molecule has 1 aromatic carbocycles. The highest BCUT2D eigenvalue weighted by molar-refractivity contribution is 9.09. The second-order valence-corrected chi connectivity index (χ2v) is 12.0. The number of amidine groups is 1. The lowest BCUT2D eigenvalue weighted by atomic mass is 9.94. The number of carbonyl (C=O) groups is 1. The highest BCUT2D eigenvalue weighted by Gasteiger charge is 2.29. The van der Waals surface area contributed by atoms with E-state index in [1.807, 2.05) is 12.1 Å². The van der Waals surface area contributed by atoms with Gasteiger partial charge in [0.2, 0.25) is 5.82 Å². The van der Waals surface area contributed by atoms with Gasteiger partial charge in [0.05, 0.1) is 17.5 Å². The highest BCUT2D eigenvalue weighted by Crippen LogP contribution is 2.29. The summed E-state index contributed by atoms with van der Waals surface area (Å²) < 4.78 is 41.6. The molecule has 2 aromatic rings. The van der Waals surface area contributed by atoms with E-state index in [1.54, 1.807) is 12.1 Å². The monoisotopic (exact) mass is 556 g/mol. The standard InChI is InChI=1S/C21H26BrFN6O4S/c22-16-11-15(5-6-17(16)23)25-19(24)18-20(28-33-27-18)26-21(30)14-3-1-13(2-4-14)12-29-7-9-34(31,32)10-8-29/h1-4,15-17H,5-12H2,(H2,24,25)(H,26,28,30)/t15?,16-,17?/m0/s1. The van der Waals surface area contributed by atoms with Gasteiger partial charge in [-0.25, -0.2) is 17.4 Å². The minimum atomic E-state index is -2.92. The summed E-state index contributed by atoms with van der Waals surface area (Å²) in [5.74, 6) is 0.0413. The van der Waals surface area contributed by atoms with Crippen LogP contribution in [0.5, 0.6) is 0 Å². The molecule has 10 nitrogen and oxygen atoms in total. The predicted octanol–water partition coefficient (Wildman–Crippen LogP) is 1.91. The van der Waals surface area contributed by atoms with Gasteiger partial charge in [-0.3, -0.25) is 14.7 Å². The van der Waals surface area contributed by atoms with Gasteiger partial charge in [0.25, 0.3) is 5.91 Å². The third-order valence-corrected chi connectivity index (χ3v) is 8.57. The number of nitrogens with zero attached hydrogens (tertiary/aromatic N) is 4. The lowest BCUT2D eigenvalue weighted by molar-refractivity contribution is 0.102. The fourth-order valence-electron chi connectivity index (χ4n) is 3.98. The number of carbonyl (C=O) groups excluding carboxylic acids is 1. The van der Waals surface area contributed by atoms with E-state index in [9.17, 15) is 17.6 Å². The first-order valence-corrected chi connectivity index (χ1v) is 13.7. The fourth-order valence-corrected chi connectivity index (χ4v) is 5.95. The molecule has 13 heteroatoms. The zero-order chi connectivity index (χ0) is 24.3. The van der Waals surface area contributed by atoms with E-state index in [1.165, 1.54) is 0 Å². The first-order valence-electron chi connectivity index (χ1n) is 11.0. The smallest absolute Gasteiger partial charge is 0.256 e. The summed E-state index contributed by atoms with van der Waals surface area (Å²) in [5, 5.41) is 10.1. The molecule has 3 atom stereocenters. The van der Waals surface area contributed by atoms with Crippen LogP contribution in [0.4, 0.5) is 10.2 Å². The average molecular weight is 557 g/mol. The van der Waals surface area contributed by atoms with Crippen molar-refractivity contribution in [1.29, 1.82) is 0 Å². The molecular weight excluding hydrogens is 531 g/mol. The molecule has 1 aliphatic carbocycles. The number of aromatic nitrogens is 2. The first-order chi connectivity index (χ1) is 16.2. The fraction of sp³-hybridized carbons (Fsp3) is 0.524. The first kappa shape index (κ1) is 24.7. The minimum absolute atomic E-state index is 0.0550. The van der Waals surface area contributed by atoms with Gasteiger partial charge in [0.15, 0.2) is 21.4 Å². The SMILES string of the molecule is NC(=NC1CCC(F)[C@@H](Br)C1)c1nonc1NC(=O)c1ccc(CN2CCS(=O)(=O)CC2)cc1. The normalized spacial score (nSPS) is 25.7. The molecule has 1 aliphatic heterocycles. The summed E-state index contributed by atoms with van der Waals surface area (Å²) in [6, 6.07) is 6.86. The molecule has 1 amide bonds. The van der Waals surface area contributed by atoms with Crippen molar-refractivity contribution < 1.29 is 22.2 Å². The third-order valence-electron chi connectivity index (χ3n) is 6.01. The van der Waals surface area contributed by atoms with Crippen molar-refractivity contribution in [2.75, 3.05) is 29.9 Å². The summed E-state index contributed by atoms with van der Waals surface area (Å²) in [7, 11) is -2.92. The van der Waals surface area contributed by atoms with Gasteiger partial charge in [-0.1, -0.05) is 28.1 Å². The van der Waals surface area contributed by atoms with Crippen LogP contribution in [0.1, 0.15) is 40.9 Å². The predicted molar refractivity (Wildman–Crippen MR) is 129 cm³/mol. The molecule has 2 fully saturated rings. The van der Waals surface area contributed by atoms with Gasteiger partial charge in [-0.05, 0) is 47.3 Å². The van der Waals surface area contributed by atoms with Gasteiger partial charge in [0.1, 0.15) is 6.17 Å². The van der Waals surface area contributed by atoms with Crippen LogP contribution in [0.25, 0.3) is 0 Å². The molecule has 1 saturated carbocycles. The molecule has 1 saturated heterocycles. The highest BCUT2D eigenvalue weighted by atomic mass is 79.9. The van der Waals surface area contributed by atoms with Crippen molar-refractivity contribution in [3.05, 3.63) is 41.1 Å². The van der Waals surface area contributed by atoms with Gasteiger partial charge in [0, 0.05) is 30.0 Å². The Morgan fingerprint density at radius 1 is 1.24 bits per heavy atom. The summed E-state index contributed by atoms with van der Waals surface area (Å²) >= 11 is 3.33. The largest absolute Gasteiger partial charge is 0.382 e.